The molecule has 1 aromatic rings. The molecule has 0 atom stereocenters. The molecule has 1 aliphatic rings. The van der Waals surface area contributed by atoms with Crippen molar-refractivity contribution in [3.8, 4) is 0 Å². The van der Waals surface area contributed by atoms with Crippen LogP contribution in [0.1, 0.15) is 58.2 Å². The van der Waals surface area contributed by atoms with Crippen LogP contribution in [0.15, 0.2) is 12.1 Å². The highest BCUT2D eigenvalue weighted by Crippen LogP contribution is 2.46. The van der Waals surface area contributed by atoms with Gasteiger partial charge in [-0.15, -0.1) is 0 Å². The minimum absolute atomic E-state index is 0.340. The van der Waals surface area contributed by atoms with Gasteiger partial charge in [-0.05, 0) is 49.1 Å². The van der Waals surface area contributed by atoms with E-state index in [2.05, 4.69) is 38.0 Å². The van der Waals surface area contributed by atoms with E-state index >= 15 is 0 Å². The first kappa shape index (κ1) is 16.2. The molecule has 0 unspecified atom stereocenters. The summed E-state index contributed by atoms with van der Waals surface area (Å²) in [5.74, 6) is 0.834. The molecule has 4 heteroatoms. The Morgan fingerprint density at radius 2 is 1.81 bits per heavy atom. The van der Waals surface area contributed by atoms with Crippen LogP contribution in [0, 0.1) is 17.8 Å². The maximum absolute atomic E-state index is 5.83. The Bertz CT molecular complexity index is 533. The van der Waals surface area contributed by atoms with Crippen molar-refractivity contribution in [1.82, 2.24) is 4.98 Å². The number of aryl methyl sites for hydroxylation is 1. The highest BCUT2D eigenvalue weighted by atomic mass is 32.1. The molecule has 0 spiro atoms. The van der Waals surface area contributed by atoms with Gasteiger partial charge in [0.05, 0.1) is 5.56 Å². The van der Waals surface area contributed by atoms with Gasteiger partial charge >= 0.3 is 0 Å². The monoisotopic (exact) mass is 305 g/mol. The molecule has 0 aromatic carbocycles. The van der Waals surface area contributed by atoms with Gasteiger partial charge in [0.2, 0.25) is 0 Å². The molecule has 1 aromatic heterocycles. The van der Waals surface area contributed by atoms with Crippen LogP contribution in [0.3, 0.4) is 0 Å². The smallest absolute Gasteiger partial charge is 0.136 e. The number of rotatable bonds is 3. The van der Waals surface area contributed by atoms with Crippen molar-refractivity contribution in [3.63, 3.8) is 0 Å². The van der Waals surface area contributed by atoms with Crippen molar-refractivity contribution in [2.45, 2.75) is 59.9 Å². The fourth-order valence-corrected chi connectivity index (χ4v) is 4.17. The Morgan fingerprint density at radius 3 is 2.33 bits per heavy atom. The summed E-state index contributed by atoms with van der Waals surface area (Å²) in [6.45, 7) is 11.4. The van der Waals surface area contributed by atoms with Crippen molar-refractivity contribution in [3.05, 3.63) is 23.4 Å². The molecule has 0 saturated heterocycles. The lowest BCUT2D eigenvalue weighted by molar-refractivity contribution is 0.105. The summed E-state index contributed by atoms with van der Waals surface area (Å²) in [5, 5.41) is 3.60. The molecule has 1 fully saturated rings. The Balaban J connectivity index is 2.25. The van der Waals surface area contributed by atoms with Crippen molar-refractivity contribution < 1.29 is 0 Å². The summed E-state index contributed by atoms with van der Waals surface area (Å²) in [4.78, 5) is 5.01. The largest absolute Gasteiger partial charge is 0.389 e. The number of anilines is 1. The van der Waals surface area contributed by atoms with E-state index in [1.807, 2.05) is 19.1 Å². The maximum Gasteiger partial charge on any atom is 0.136 e. The zero-order chi connectivity index (χ0) is 15.8. The van der Waals surface area contributed by atoms with E-state index in [-0.39, 0.29) is 0 Å². The fraction of sp³-hybridized carbons (Fsp3) is 0.647. The van der Waals surface area contributed by atoms with Gasteiger partial charge in [-0.3, -0.25) is 0 Å². The number of aromatic nitrogens is 1. The minimum atomic E-state index is 0.340. The van der Waals surface area contributed by atoms with Gasteiger partial charge in [0.1, 0.15) is 10.8 Å². The quantitative estimate of drug-likeness (QED) is 0.828. The van der Waals surface area contributed by atoms with E-state index in [4.69, 9.17) is 18.0 Å². The van der Waals surface area contributed by atoms with E-state index < -0.39 is 0 Å². The second-order valence-corrected chi connectivity index (χ2v) is 8.41. The first-order valence-electron chi connectivity index (χ1n) is 7.62. The Morgan fingerprint density at radius 1 is 1.24 bits per heavy atom. The first-order valence-corrected chi connectivity index (χ1v) is 8.03. The summed E-state index contributed by atoms with van der Waals surface area (Å²) >= 11 is 5.15. The number of nitrogens with two attached hydrogens (primary N) is 1. The van der Waals surface area contributed by atoms with E-state index in [1.54, 1.807) is 0 Å². The fourth-order valence-electron chi connectivity index (χ4n) is 4.01. The molecule has 0 amide bonds. The number of nitrogens with zero attached hydrogens (tertiary/aromatic N) is 1. The van der Waals surface area contributed by atoms with E-state index in [9.17, 15) is 0 Å². The molecular formula is C17H27N3S. The molecule has 3 N–H and O–H groups in total. The van der Waals surface area contributed by atoms with Crippen LogP contribution in [-0.4, -0.2) is 16.0 Å². The third-order valence-electron chi connectivity index (χ3n) is 4.20. The first-order chi connectivity index (χ1) is 9.58. The molecule has 0 aliphatic heterocycles. The van der Waals surface area contributed by atoms with Crippen molar-refractivity contribution in [2.75, 3.05) is 5.32 Å². The number of hydrogen-bond acceptors (Lipinski definition) is 3. The van der Waals surface area contributed by atoms with Crippen LogP contribution >= 0.6 is 12.2 Å². The van der Waals surface area contributed by atoms with Crippen LogP contribution in [0.4, 0.5) is 5.82 Å². The van der Waals surface area contributed by atoms with Crippen molar-refractivity contribution in [1.29, 1.82) is 0 Å². The summed E-state index contributed by atoms with van der Waals surface area (Å²) in [7, 11) is 0. The predicted molar refractivity (Wildman–Crippen MR) is 93.7 cm³/mol. The van der Waals surface area contributed by atoms with Gasteiger partial charge in [-0.1, -0.05) is 39.9 Å². The van der Waals surface area contributed by atoms with E-state index in [0.717, 1.165) is 29.9 Å². The number of thiocarbonyl (C=S) groups is 1. The van der Waals surface area contributed by atoms with E-state index in [0.29, 0.717) is 21.9 Å². The molecular weight excluding hydrogens is 278 g/mol. The molecule has 0 bridgehead atoms. The van der Waals surface area contributed by atoms with Gasteiger partial charge in [-0.25, -0.2) is 4.98 Å². The number of hydrogen-bond donors (Lipinski definition) is 2. The summed E-state index contributed by atoms with van der Waals surface area (Å²) in [6.07, 6.45) is 3.53. The Hall–Kier alpha value is -1.16. The second kappa shape index (κ2) is 5.56. The van der Waals surface area contributed by atoms with Gasteiger partial charge in [0, 0.05) is 11.7 Å². The van der Waals surface area contributed by atoms with Crippen molar-refractivity contribution in [2.24, 2.45) is 16.6 Å². The Kier molecular flexibility index (Phi) is 4.29. The predicted octanol–water partition coefficient (Wildman–Crippen LogP) is 4.04. The third-order valence-corrected chi connectivity index (χ3v) is 4.42. The maximum atomic E-state index is 5.83. The zero-order valence-corrected chi connectivity index (χ0v) is 14.6. The van der Waals surface area contributed by atoms with Gasteiger partial charge in [0.15, 0.2) is 0 Å². The molecule has 0 radical (unpaired) electrons. The normalized spacial score (nSPS) is 21.0. The SMILES string of the molecule is Cc1ccc(C(N)=S)c(NC2CC(C)(C)CC(C)(C)C2)n1. The van der Waals surface area contributed by atoms with Crippen LogP contribution in [-0.2, 0) is 0 Å². The standard InChI is InChI=1S/C17H27N3S/c1-11-6-7-13(14(18)21)15(19-11)20-12-8-16(2,3)10-17(4,5)9-12/h6-7,12H,8-10H2,1-5H3,(H2,18,21)(H,19,20). The highest BCUT2D eigenvalue weighted by Gasteiger charge is 2.38. The van der Waals surface area contributed by atoms with Crippen LogP contribution in [0.25, 0.3) is 0 Å². The zero-order valence-electron chi connectivity index (χ0n) is 13.8. The summed E-state index contributed by atoms with van der Waals surface area (Å²) in [6, 6.07) is 4.33. The van der Waals surface area contributed by atoms with Crippen molar-refractivity contribution >= 4 is 23.0 Å². The molecule has 3 nitrogen and oxygen atoms in total. The number of pyridine rings is 1. The van der Waals surface area contributed by atoms with Gasteiger partial charge in [0.25, 0.3) is 0 Å². The van der Waals surface area contributed by atoms with Crippen LogP contribution in [0.2, 0.25) is 0 Å². The second-order valence-electron chi connectivity index (χ2n) is 7.97. The molecule has 1 heterocycles. The minimum Gasteiger partial charge on any atom is -0.389 e. The molecule has 21 heavy (non-hydrogen) atoms. The highest BCUT2D eigenvalue weighted by molar-refractivity contribution is 7.80. The summed E-state index contributed by atoms with van der Waals surface area (Å²) < 4.78 is 0. The molecule has 1 aliphatic carbocycles. The molecule has 1 saturated carbocycles. The topological polar surface area (TPSA) is 50.9 Å². The molecule has 2 rings (SSSR count). The Labute approximate surface area is 133 Å². The molecule has 116 valence electrons. The van der Waals surface area contributed by atoms with Gasteiger partial charge in [-0.2, -0.15) is 0 Å². The lowest BCUT2D eigenvalue weighted by Gasteiger charge is -2.45. The lowest BCUT2D eigenvalue weighted by Crippen LogP contribution is -2.40. The van der Waals surface area contributed by atoms with Gasteiger partial charge < -0.3 is 11.1 Å². The lowest BCUT2D eigenvalue weighted by atomic mass is 9.63. The van der Waals surface area contributed by atoms with E-state index in [1.165, 1.54) is 6.42 Å². The van der Waals surface area contributed by atoms with Crippen LogP contribution < -0.4 is 11.1 Å². The average Bonchev–Trinajstić information content (AvgIpc) is 2.23. The number of nitrogens with one attached hydrogen (secondary N) is 1. The third kappa shape index (κ3) is 4.16. The average molecular weight is 305 g/mol. The van der Waals surface area contributed by atoms with Crippen LogP contribution in [0.5, 0.6) is 0 Å². The summed E-state index contributed by atoms with van der Waals surface area (Å²) in [5.41, 5.74) is 8.33.